The van der Waals surface area contributed by atoms with Gasteiger partial charge in [0.25, 0.3) is 5.91 Å². The first-order valence-corrected chi connectivity index (χ1v) is 6.07. The Morgan fingerprint density at radius 1 is 1.41 bits per heavy atom. The van der Waals surface area contributed by atoms with Gasteiger partial charge in [-0.05, 0) is 18.7 Å². The summed E-state index contributed by atoms with van der Waals surface area (Å²) in [5.41, 5.74) is 7.42. The molecule has 0 radical (unpaired) electrons. The summed E-state index contributed by atoms with van der Waals surface area (Å²) in [7, 11) is 0. The first-order chi connectivity index (χ1) is 8.11. The SMILES string of the molecule is CSc1ncc(C)c(-c2cnc(C(N)=O)[nH]2)n1. The number of primary amides is 1. The van der Waals surface area contributed by atoms with Crippen molar-refractivity contribution in [1.29, 1.82) is 0 Å². The Balaban J connectivity index is 2.47. The largest absolute Gasteiger partial charge is 0.363 e. The van der Waals surface area contributed by atoms with Crippen LogP contribution in [0.3, 0.4) is 0 Å². The summed E-state index contributed by atoms with van der Waals surface area (Å²) in [5, 5.41) is 0.667. The van der Waals surface area contributed by atoms with Crippen molar-refractivity contribution >= 4 is 17.7 Å². The van der Waals surface area contributed by atoms with Crippen LogP contribution < -0.4 is 5.73 Å². The number of aromatic nitrogens is 4. The Kier molecular flexibility index (Phi) is 3.10. The topological polar surface area (TPSA) is 97.5 Å². The van der Waals surface area contributed by atoms with E-state index in [1.165, 1.54) is 11.8 Å². The second-order valence-corrected chi connectivity index (χ2v) is 4.17. The summed E-state index contributed by atoms with van der Waals surface area (Å²) in [4.78, 5) is 26.2. The van der Waals surface area contributed by atoms with Crippen LogP contribution in [0, 0.1) is 6.92 Å². The Bertz CT molecular complexity index is 566. The van der Waals surface area contributed by atoms with E-state index in [-0.39, 0.29) is 5.82 Å². The Morgan fingerprint density at radius 3 is 2.76 bits per heavy atom. The Labute approximate surface area is 102 Å². The van der Waals surface area contributed by atoms with Gasteiger partial charge in [-0.2, -0.15) is 0 Å². The van der Waals surface area contributed by atoms with Crippen LogP contribution in [-0.2, 0) is 0 Å². The fourth-order valence-electron chi connectivity index (χ4n) is 1.36. The number of carbonyl (C=O) groups excluding carboxylic acids is 1. The van der Waals surface area contributed by atoms with Gasteiger partial charge in [0.1, 0.15) is 0 Å². The molecule has 0 aliphatic carbocycles. The highest BCUT2D eigenvalue weighted by molar-refractivity contribution is 7.98. The average molecular weight is 249 g/mol. The molecule has 2 aromatic heterocycles. The Hall–Kier alpha value is -1.89. The van der Waals surface area contributed by atoms with Crippen LogP contribution in [0.2, 0.25) is 0 Å². The van der Waals surface area contributed by atoms with Crippen molar-refractivity contribution in [3.8, 4) is 11.4 Å². The van der Waals surface area contributed by atoms with Crippen LogP contribution in [0.15, 0.2) is 17.6 Å². The summed E-state index contributed by atoms with van der Waals surface area (Å²) >= 11 is 1.45. The lowest BCUT2D eigenvalue weighted by molar-refractivity contribution is 0.0991. The minimum atomic E-state index is -0.590. The normalized spacial score (nSPS) is 10.5. The lowest BCUT2D eigenvalue weighted by Gasteiger charge is -2.03. The molecule has 0 spiro atoms. The molecule has 0 bridgehead atoms. The van der Waals surface area contributed by atoms with Crippen LogP contribution >= 0.6 is 11.8 Å². The molecule has 7 heteroatoms. The maximum absolute atomic E-state index is 10.9. The number of carbonyl (C=O) groups is 1. The summed E-state index contributed by atoms with van der Waals surface area (Å²) in [6.07, 6.45) is 5.18. The van der Waals surface area contributed by atoms with E-state index in [0.717, 1.165) is 11.3 Å². The fraction of sp³-hybridized carbons (Fsp3) is 0.200. The molecular formula is C10H11N5OS. The van der Waals surface area contributed by atoms with Gasteiger partial charge in [-0.15, -0.1) is 0 Å². The smallest absolute Gasteiger partial charge is 0.284 e. The summed E-state index contributed by atoms with van der Waals surface area (Å²) in [5.74, 6) is -0.461. The van der Waals surface area contributed by atoms with Crippen molar-refractivity contribution in [2.75, 3.05) is 6.26 Å². The molecule has 3 N–H and O–H groups in total. The minimum Gasteiger partial charge on any atom is -0.363 e. The molecule has 0 aromatic carbocycles. The molecule has 2 aromatic rings. The van der Waals surface area contributed by atoms with Crippen molar-refractivity contribution in [2.45, 2.75) is 12.1 Å². The van der Waals surface area contributed by atoms with E-state index in [0.29, 0.717) is 10.9 Å². The molecule has 0 saturated heterocycles. The van der Waals surface area contributed by atoms with Crippen LogP contribution in [0.5, 0.6) is 0 Å². The number of hydrogen-bond acceptors (Lipinski definition) is 5. The number of thioether (sulfide) groups is 1. The molecule has 0 fully saturated rings. The summed E-state index contributed by atoms with van der Waals surface area (Å²) in [6, 6.07) is 0. The highest BCUT2D eigenvalue weighted by atomic mass is 32.2. The Morgan fingerprint density at radius 2 is 2.18 bits per heavy atom. The second kappa shape index (κ2) is 4.54. The summed E-state index contributed by atoms with van der Waals surface area (Å²) in [6.45, 7) is 1.89. The predicted molar refractivity (Wildman–Crippen MR) is 64.6 cm³/mol. The van der Waals surface area contributed by atoms with E-state index in [1.54, 1.807) is 12.4 Å². The van der Waals surface area contributed by atoms with Gasteiger partial charge in [0.2, 0.25) is 0 Å². The summed E-state index contributed by atoms with van der Waals surface area (Å²) < 4.78 is 0. The van der Waals surface area contributed by atoms with Crippen LogP contribution in [0.25, 0.3) is 11.4 Å². The number of nitrogens with two attached hydrogens (primary N) is 1. The number of rotatable bonds is 3. The van der Waals surface area contributed by atoms with Gasteiger partial charge < -0.3 is 10.7 Å². The van der Waals surface area contributed by atoms with E-state index in [2.05, 4.69) is 19.9 Å². The number of hydrogen-bond donors (Lipinski definition) is 2. The number of H-pyrrole nitrogens is 1. The number of aryl methyl sites for hydroxylation is 1. The van der Waals surface area contributed by atoms with Gasteiger partial charge in [0, 0.05) is 6.20 Å². The standard InChI is InChI=1S/C10H11N5OS/c1-5-3-13-10(17-2)15-7(5)6-4-12-9(14-6)8(11)16/h3-4H,1-2H3,(H2,11,16)(H,12,14). The number of nitrogens with zero attached hydrogens (tertiary/aromatic N) is 3. The molecule has 0 atom stereocenters. The zero-order valence-electron chi connectivity index (χ0n) is 9.39. The van der Waals surface area contributed by atoms with E-state index in [9.17, 15) is 4.79 Å². The highest BCUT2D eigenvalue weighted by Gasteiger charge is 2.11. The fourth-order valence-corrected chi connectivity index (χ4v) is 1.70. The second-order valence-electron chi connectivity index (χ2n) is 3.40. The monoisotopic (exact) mass is 249 g/mol. The quantitative estimate of drug-likeness (QED) is 0.624. The molecule has 2 rings (SSSR count). The zero-order chi connectivity index (χ0) is 12.4. The van der Waals surface area contributed by atoms with E-state index in [4.69, 9.17) is 5.73 Å². The van der Waals surface area contributed by atoms with Crippen molar-refractivity contribution in [1.82, 2.24) is 19.9 Å². The number of nitrogens with one attached hydrogen (secondary N) is 1. The lowest BCUT2D eigenvalue weighted by atomic mass is 10.2. The number of aromatic amines is 1. The van der Waals surface area contributed by atoms with Crippen LogP contribution in [-0.4, -0.2) is 32.1 Å². The molecular weight excluding hydrogens is 238 g/mol. The maximum atomic E-state index is 10.9. The first kappa shape index (κ1) is 11.6. The van der Waals surface area contributed by atoms with Crippen molar-refractivity contribution in [2.24, 2.45) is 5.73 Å². The van der Waals surface area contributed by atoms with Crippen molar-refractivity contribution in [3.63, 3.8) is 0 Å². The molecule has 1 amide bonds. The predicted octanol–water partition coefficient (Wildman–Crippen LogP) is 0.996. The van der Waals surface area contributed by atoms with Crippen LogP contribution in [0.4, 0.5) is 0 Å². The molecule has 17 heavy (non-hydrogen) atoms. The molecule has 0 aliphatic rings. The van der Waals surface area contributed by atoms with Gasteiger partial charge >= 0.3 is 0 Å². The van der Waals surface area contributed by atoms with Gasteiger partial charge in [-0.3, -0.25) is 4.79 Å². The molecule has 0 aliphatic heterocycles. The van der Waals surface area contributed by atoms with Crippen LogP contribution in [0.1, 0.15) is 16.2 Å². The lowest BCUT2D eigenvalue weighted by Crippen LogP contribution is -2.12. The molecule has 88 valence electrons. The molecule has 6 nitrogen and oxygen atoms in total. The first-order valence-electron chi connectivity index (χ1n) is 4.84. The number of amides is 1. The molecule has 0 saturated carbocycles. The van der Waals surface area contributed by atoms with E-state index in [1.807, 2.05) is 13.2 Å². The minimum absolute atomic E-state index is 0.128. The average Bonchev–Trinajstić information content (AvgIpc) is 2.79. The van der Waals surface area contributed by atoms with Gasteiger partial charge in [-0.25, -0.2) is 15.0 Å². The van der Waals surface area contributed by atoms with Gasteiger partial charge in [0.15, 0.2) is 11.0 Å². The zero-order valence-corrected chi connectivity index (χ0v) is 10.2. The van der Waals surface area contributed by atoms with Crippen molar-refractivity contribution in [3.05, 3.63) is 23.8 Å². The third kappa shape index (κ3) is 2.28. The van der Waals surface area contributed by atoms with Crippen molar-refractivity contribution < 1.29 is 4.79 Å². The molecule has 0 unspecified atom stereocenters. The maximum Gasteiger partial charge on any atom is 0.284 e. The number of imidazole rings is 1. The van der Waals surface area contributed by atoms with Gasteiger partial charge in [-0.1, -0.05) is 11.8 Å². The third-order valence-corrected chi connectivity index (χ3v) is 2.76. The molecule has 2 heterocycles. The van der Waals surface area contributed by atoms with E-state index >= 15 is 0 Å². The van der Waals surface area contributed by atoms with Gasteiger partial charge in [0.05, 0.1) is 17.6 Å². The highest BCUT2D eigenvalue weighted by Crippen LogP contribution is 2.20. The third-order valence-electron chi connectivity index (χ3n) is 2.20. The van der Waals surface area contributed by atoms with E-state index < -0.39 is 5.91 Å².